The van der Waals surface area contributed by atoms with Crippen molar-refractivity contribution in [3.05, 3.63) is 39.4 Å². The van der Waals surface area contributed by atoms with Gasteiger partial charge in [-0.15, -0.1) is 0 Å². The normalized spacial score (nSPS) is 9.42. The summed E-state index contributed by atoms with van der Waals surface area (Å²) in [7, 11) is 0. The maximum Gasteiger partial charge on any atom is 0.344 e. The molecule has 1 aromatic carbocycles. The molecule has 5 heteroatoms. The molecule has 0 saturated carbocycles. The number of rotatable bonds is 3. The Morgan fingerprint density at radius 1 is 1.42 bits per heavy atom. The Labute approximate surface area is 73.9 Å². The maximum atomic E-state index is 9.89. The molecule has 0 aliphatic carbocycles. The van der Waals surface area contributed by atoms with E-state index in [1.807, 2.05) is 0 Å². The number of nitrogens with zero attached hydrogens (tertiary/aromatic N) is 1. The predicted octanol–water partition coefficient (Wildman–Crippen LogP) is 1.95. The SMILES string of the molecule is O=[N+]([O-])COc1ccc(Cl)cc1. The molecule has 12 heavy (non-hydrogen) atoms. The summed E-state index contributed by atoms with van der Waals surface area (Å²) in [4.78, 5) is 9.35. The van der Waals surface area contributed by atoms with E-state index >= 15 is 0 Å². The second kappa shape index (κ2) is 3.92. The molecule has 0 heterocycles. The lowest BCUT2D eigenvalue weighted by Gasteiger charge is -1.99. The van der Waals surface area contributed by atoms with Crippen molar-refractivity contribution in [3.63, 3.8) is 0 Å². The molecule has 0 amide bonds. The quantitative estimate of drug-likeness (QED) is 0.413. The first-order valence-electron chi connectivity index (χ1n) is 3.18. The smallest absolute Gasteiger partial charge is 0.344 e. The van der Waals surface area contributed by atoms with Crippen LogP contribution in [0, 0.1) is 10.1 Å². The van der Waals surface area contributed by atoms with Crippen LogP contribution in [0.5, 0.6) is 5.75 Å². The second-order valence-corrected chi connectivity index (χ2v) is 2.50. The van der Waals surface area contributed by atoms with Gasteiger partial charge in [0.2, 0.25) is 0 Å². The average Bonchev–Trinajstić information content (AvgIpc) is 2.03. The predicted molar refractivity (Wildman–Crippen MR) is 43.9 cm³/mol. The fraction of sp³-hybridized carbons (Fsp3) is 0.143. The van der Waals surface area contributed by atoms with Crippen molar-refractivity contribution in [1.29, 1.82) is 0 Å². The van der Waals surface area contributed by atoms with Crippen LogP contribution >= 0.6 is 11.6 Å². The summed E-state index contributed by atoms with van der Waals surface area (Å²) in [5.74, 6) is 0.441. The highest BCUT2D eigenvalue weighted by Gasteiger charge is 1.97. The zero-order valence-corrected chi connectivity index (χ0v) is 6.82. The van der Waals surface area contributed by atoms with Crippen LogP contribution in [0.2, 0.25) is 5.02 Å². The van der Waals surface area contributed by atoms with Crippen LogP contribution in [0.3, 0.4) is 0 Å². The first kappa shape index (κ1) is 8.80. The van der Waals surface area contributed by atoms with E-state index in [4.69, 9.17) is 16.3 Å². The number of benzene rings is 1. The Balaban J connectivity index is 2.53. The number of ether oxygens (including phenoxy) is 1. The summed E-state index contributed by atoms with van der Waals surface area (Å²) < 4.78 is 4.76. The Morgan fingerprint density at radius 3 is 2.50 bits per heavy atom. The number of hydrogen-bond donors (Lipinski definition) is 0. The van der Waals surface area contributed by atoms with Gasteiger partial charge in [0, 0.05) is 5.02 Å². The molecule has 4 nitrogen and oxygen atoms in total. The van der Waals surface area contributed by atoms with Gasteiger partial charge in [0.1, 0.15) is 5.75 Å². The van der Waals surface area contributed by atoms with Crippen LogP contribution in [0.15, 0.2) is 24.3 Å². The molecule has 0 spiro atoms. The second-order valence-electron chi connectivity index (χ2n) is 2.06. The van der Waals surface area contributed by atoms with Crippen molar-refractivity contribution < 1.29 is 9.66 Å². The molecule has 0 saturated heterocycles. The summed E-state index contributed by atoms with van der Waals surface area (Å²) in [6, 6.07) is 6.37. The molecule has 0 aromatic heterocycles. The van der Waals surface area contributed by atoms with E-state index in [-0.39, 0.29) is 0 Å². The third-order valence-electron chi connectivity index (χ3n) is 1.15. The topological polar surface area (TPSA) is 52.4 Å². The number of halogens is 1. The standard InChI is InChI=1S/C7H6ClNO3/c8-6-1-3-7(4-2-6)12-5-9(10)11/h1-4H,5H2. The summed E-state index contributed by atoms with van der Waals surface area (Å²) >= 11 is 5.58. The fourth-order valence-corrected chi connectivity index (χ4v) is 0.784. The van der Waals surface area contributed by atoms with Crippen LogP contribution in [-0.2, 0) is 0 Å². The zero-order valence-electron chi connectivity index (χ0n) is 6.07. The van der Waals surface area contributed by atoms with Gasteiger partial charge in [0.15, 0.2) is 0 Å². The summed E-state index contributed by atoms with van der Waals surface area (Å²) in [5.41, 5.74) is 0. The van der Waals surface area contributed by atoms with Gasteiger partial charge < -0.3 is 4.74 Å². The largest absolute Gasteiger partial charge is 0.432 e. The molecule has 0 N–H and O–H groups in total. The van der Waals surface area contributed by atoms with Crippen molar-refractivity contribution in [2.45, 2.75) is 0 Å². The fourth-order valence-electron chi connectivity index (χ4n) is 0.658. The molecule has 0 unspecified atom stereocenters. The molecular weight excluding hydrogens is 182 g/mol. The summed E-state index contributed by atoms with van der Waals surface area (Å²) in [5, 5.41) is 10.5. The molecule has 0 fully saturated rings. The number of hydrogen-bond acceptors (Lipinski definition) is 3. The highest BCUT2D eigenvalue weighted by Crippen LogP contribution is 2.15. The highest BCUT2D eigenvalue weighted by atomic mass is 35.5. The zero-order chi connectivity index (χ0) is 8.97. The van der Waals surface area contributed by atoms with Crippen LogP contribution in [0.4, 0.5) is 0 Å². The van der Waals surface area contributed by atoms with E-state index in [1.165, 1.54) is 0 Å². The van der Waals surface area contributed by atoms with Crippen LogP contribution in [0.25, 0.3) is 0 Å². The molecule has 64 valence electrons. The van der Waals surface area contributed by atoms with E-state index in [2.05, 4.69) is 0 Å². The van der Waals surface area contributed by atoms with Crippen molar-refractivity contribution in [2.24, 2.45) is 0 Å². The monoisotopic (exact) mass is 187 g/mol. The first-order chi connectivity index (χ1) is 5.68. The van der Waals surface area contributed by atoms with Crippen molar-refractivity contribution in [1.82, 2.24) is 0 Å². The average molecular weight is 188 g/mol. The van der Waals surface area contributed by atoms with Crippen LogP contribution in [0.1, 0.15) is 0 Å². The number of nitro groups is 1. The van der Waals surface area contributed by atoms with Crippen molar-refractivity contribution >= 4 is 11.6 Å². The van der Waals surface area contributed by atoms with E-state index in [0.29, 0.717) is 10.8 Å². The van der Waals surface area contributed by atoms with Gasteiger partial charge in [-0.1, -0.05) is 11.6 Å². The minimum absolute atomic E-state index is 0.441. The molecular formula is C7H6ClNO3. The minimum atomic E-state index is -0.547. The lowest BCUT2D eigenvalue weighted by atomic mass is 10.3. The Morgan fingerprint density at radius 2 is 2.00 bits per heavy atom. The third-order valence-corrected chi connectivity index (χ3v) is 1.40. The molecule has 0 bridgehead atoms. The van der Waals surface area contributed by atoms with E-state index < -0.39 is 11.7 Å². The Bertz CT molecular complexity index is 272. The summed E-state index contributed by atoms with van der Waals surface area (Å²) in [6.07, 6.45) is 0. The highest BCUT2D eigenvalue weighted by molar-refractivity contribution is 6.30. The van der Waals surface area contributed by atoms with Gasteiger partial charge in [0.05, 0.1) is 4.92 Å². The Kier molecular flexibility index (Phi) is 2.88. The van der Waals surface area contributed by atoms with Gasteiger partial charge in [-0.2, -0.15) is 0 Å². The first-order valence-corrected chi connectivity index (χ1v) is 3.56. The van der Waals surface area contributed by atoms with Gasteiger partial charge in [-0.25, -0.2) is 0 Å². The van der Waals surface area contributed by atoms with Crippen LogP contribution in [-0.4, -0.2) is 11.7 Å². The van der Waals surface area contributed by atoms with Crippen molar-refractivity contribution in [3.8, 4) is 5.75 Å². The Hall–Kier alpha value is -1.29. The minimum Gasteiger partial charge on any atom is -0.432 e. The molecule has 0 radical (unpaired) electrons. The van der Waals surface area contributed by atoms with Crippen LogP contribution < -0.4 is 4.74 Å². The van der Waals surface area contributed by atoms with Gasteiger partial charge in [-0.3, -0.25) is 10.1 Å². The lowest BCUT2D eigenvalue weighted by Crippen LogP contribution is -2.07. The maximum absolute atomic E-state index is 9.89. The van der Waals surface area contributed by atoms with E-state index in [1.54, 1.807) is 24.3 Å². The molecule has 0 aliphatic heterocycles. The molecule has 1 aromatic rings. The van der Waals surface area contributed by atoms with E-state index in [9.17, 15) is 10.1 Å². The van der Waals surface area contributed by atoms with Crippen molar-refractivity contribution in [2.75, 3.05) is 6.73 Å². The molecule has 1 rings (SSSR count). The molecule has 0 aliphatic rings. The lowest BCUT2D eigenvalue weighted by molar-refractivity contribution is -0.514. The van der Waals surface area contributed by atoms with Gasteiger partial charge >= 0.3 is 6.73 Å². The van der Waals surface area contributed by atoms with E-state index in [0.717, 1.165) is 0 Å². The van der Waals surface area contributed by atoms with Gasteiger partial charge in [-0.05, 0) is 24.3 Å². The van der Waals surface area contributed by atoms with Gasteiger partial charge in [0.25, 0.3) is 0 Å². The molecule has 0 atom stereocenters. The summed E-state index contributed by atoms with van der Waals surface area (Å²) in [6.45, 7) is -0.526. The third kappa shape index (κ3) is 2.75.